The van der Waals surface area contributed by atoms with Gasteiger partial charge in [0, 0.05) is 33.3 Å². The van der Waals surface area contributed by atoms with E-state index in [1.54, 1.807) is 18.2 Å². The molecule has 2 bridgehead atoms. The highest BCUT2D eigenvalue weighted by Crippen LogP contribution is 2.69. The lowest BCUT2D eigenvalue weighted by atomic mass is 9.64. The minimum atomic E-state index is -1.30. The van der Waals surface area contributed by atoms with E-state index in [0.717, 1.165) is 0 Å². The summed E-state index contributed by atoms with van der Waals surface area (Å²) in [6.45, 7) is 5.77. The van der Waals surface area contributed by atoms with E-state index in [1.165, 1.54) is 24.3 Å². The number of amides is 1. The highest BCUT2D eigenvalue weighted by molar-refractivity contribution is 6.51. The first-order valence-corrected chi connectivity index (χ1v) is 11.1. The number of hydrogen-bond donors (Lipinski definition) is 2. The van der Waals surface area contributed by atoms with Crippen LogP contribution in [0.15, 0.2) is 47.6 Å². The smallest absolute Gasteiger partial charge is 0.269 e. The fraction of sp³-hybridized carbons (Fsp3) is 0.348. The molecular formula is C23H22Cl2N4O4. The van der Waals surface area contributed by atoms with Crippen LogP contribution in [0.3, 0.4) is 0 Å². The Kier molecular flexibility index (Phi) is 5.49. The van der Waals surface area contributed by atoms with Crippen LogP contribution >= 0.6 is 23.2 Å². The van der Waals surface area contributed by atoms with E-state index in [1.807, 2.05) is 20.8 Å². The van der Waals surface area contributed by atoms with Crippen LogP contribution in [-0.2, 0) is 9.59 Å². The monoisotopic (exact) mass is 488 g/mol. The minimum Gasteiger partial charge on any atom is -0.325 e. The molecule has 2 aromatic rings. The molecule has 2 fully saturated rings. The second-order valence-corrected chi connectivity index (χ2v) is 10.1. The number of nitro groups is 1. The molecular weight excluding hydrogens is 467 g/mol. The van der Waals surface area contributed by atoms with E-state index in [9.17, 15) is 19.7 Å². The number of hydrazone groups is 1. The second-order valence-electron chi connectivity index (χ2n) is 9.18. The summed E-state index contributed by atoms with van der Waals surface area (Å²) < 4.78 is 0. The SMILES string of the molecule is CC12CCC(C(=O)Nc3cc(Cl)cc(Cl)c3)(C(=O)/C1=N\Nc1ccc([N+](=O)[O-])cc1)C2(C)C. The van der Waals surface area contributed by atoms with E-state index in [0.29, 0.717) is 34.3 Å². The molecule has 0 saturated heterocycles. The van der Waals surface area contributed by atoms with Crippen LogP contribution in [0.4, 0.5) is 17.1 Å². The van der Waals surface area contributed by atoms with Crippen LogP contribution in [0.1, 0.15) is 33.6 Å². The van der Waals surface area contributed by atoms with Gasteiger partial charge in [0.2, 0.25) is 5.91 Å². The van der Waals surface area contributed by atoms with Crippen molar-refractivity contribution in [1.29, 1.82) is 0 Å². The zero-order valence-electron chi connectivity index (χ0n) is 18.2. The summed E-state index contributed by atoms with van der Waals surface area (Å²) in [5, 5.41) is 18.8. The summed E-state index contributed by atoms with van der Waals surface area (Å²) in [7, 11) is 0. The second kappa shape index (κ2) is 7.81. The maximum atomic E-state index is 13.7. The largest absolute Gasteiger partial charge is 0.325 e. The van der Waals surface area contributed by atoms with Gasteiger partial charge in [-0.05, 0) is 48.6 Å². The van der Waals surface area contributed by atoms with Gasteiger partial charge in [0.15, 0.2) is 5.78 Å². The first-order chi connectivity index (χ1) is 15.4. The van der Waals surface area contributed by atoms with Crippen molar-refractivity contribution in [2.45, 2.75) is 33.6 Å². The molecule has 0 heterocycles. The molecule has 33 heavy (non-hydrogen) atoms. The van der Waals surface area contributed by atoms with Crippen molar-refractivity contribution >= 4 is 57.7 Å². The molecule has 0 aromatic heterocycles. The van der Waals surface area contributed by atoms with Crippen molar-refractivity contribution in [1.82, 2.24) is 0 Å². The zero-order valence-corrected chi connectivity index (χ0v) is 19.8. The van der Waals surface area contributed by atoms with Crippen molar-refractivity contribution in [2.75, 3.05) is 10.7 Å². The Labute approximate surface area is 200 Å². The number of nitrogens with zero attached hydrogens (tertiary/aromatic N) is 2. The third-order valence-corrected chi connectivity index (χ3v) is 7.89. The zero-order chi connectivity index (χ0) is 24.2. The van der Waals surface area contributed by atoms with Gasteiger partial charge in [-0.1, -0.05) is 44.0 Å². The number of nitro benzene ring substituents is 1. The van der Waals surface area contributed by atoms with Crippen LogP contribution in [-0.4, -0.2) is 22.3 Å². The summed E-state index contributed by atoms with van der Waals surface area (Å²) in [4.78, 5) is 37.6. The number of non-ortho nitro benzene ring substituents is 1. The van der Waals surface area contributed by atoms with Crippen molar-refractivity contribution in [2.24, 2.45) is 21.3 Å². The molecule has 8 nitrogen and oxygen atoms in total. The Morgan fingerprint density at radius 2 is 1.64 bits per heavy atom. The predicted molar refractivity (Wildman–Crippen MR) is 128 cm³/mol. The molecule has 0 radical (unpaired) electrons. The van der Waals surface area contributed by atoms with Crippen molar-refractivity contribution < 1.29 is 14.5 Å². The first-order valence-electron chi connectivity index (χ1n) is 10.3. The molecule has 2 aromatic carbocycles. The molecule has 2 saturated carbocycles. The van der Waals surface area contributed by atoms with Gasteiger partial charge in [-0.2, -0.15) is 5.10 Å². The molecule has 10 heteroatoms. The Morgan fingerprint density at radius 3 is 2.21 bits per heavy atom. The van der Waals surface area contributed by atoms with E-state index in [-0.39, 0.29) is 17.2 Å². The third-order valence-electron chi connectivity index (χ3n) is 7.45. The Morgan fingerprint density at radius 1 is 1.03 bits per heavy atom. The van der Waals surface area contributed by atoms with Crippen molar-refractivity contribution in [3.05, 3.63) is 62.6 Å². The van der Waals surface area contributed by atoms with Gasteiger partial charge in [-0.15, -0.1) is 0 Å². The van der Waals surface area contributed by atoms with Crippen molar-refractivity contribution in [3.8, 4) is 0 Å². The number of halogens is 2. The van der Waals surface area contributed by atoms with Gasteiger partial charge >= 0.3 is 0 Å². The summed E-state index contributed by atoms with van der Waals surface area (Å²) in [6.07, 6.45) is 1.00. The van der Waals surface area contributed by atoms with Crippen LogP contribution < -0.4 is 10.7 Å². The molecule has 2 N–H and O–H groups in total. The lowest BCUT2D eigenvalue weighted by Gasteiger charge is -2.37. The van der Waals surface area contributed by atoms with E-state index in [4.69, 9.17) is 23.2 Å². The normalized spacial score (nSPS) is 26.5. The maximum absolute atomic E-state index is 13.7. The number of benzene rings is 2. The quantitative estimate of drug-likeness (QED) is 0.318. The average Bonchev–Trinajstić information content (AvgIpc) is 3.01. The van der Waals surface area contributed by atoms with Crippen molar-refractivity contribution in [3.63, 3.8) is 0 Å². The molecule has 0 aliphatic heterocycles. The van der Waals surface area contributed by atoms with E-state index < -0.39 is 27.1 Å². The molecule has 0 spiro atoms. The Bertz CT molecular complexity index is 1190. The third kappa shape index (κ3) is 3.40. The number of carbonyl (C=O) groups excluding carboxylic acids is 2. The predicted octanol–water partition coefficient (Wildman–Crippen LogP) is 5.70. The molecule has 2 unspecified atom stereocenters. The van der Waals surface area contributed by atoms with Gasteiger partial charge in [0.1, 0.15) is 11.1 Å². The number of rotatable bonds is 5. The number of hydrogen-bond acceptors (Lipinski definition) is 6. The lowest BCUT2D eigenvalue weighted by molar-refractivity contribution is -0.384. The number of nitrogens with one attached hydrogen (secondary N) is 2. The molecule has 1 amide bonds. The first kappa shape index (κ1) is 23.2. The summed E-state index contributed by atoms with van der Waals surface area (Å²) in [5.41, 5.74) is 1.34. The Balaban J connectivity index is 1.66. The number of ketones is 1. The van der Waals surface area contributed by atoms with Crippen LogP contribution in [0, 0.1) is 26.4 Å². The standard InChI is InChI=1S/C23H22Cl2N4O4/c1-21(2)22(3)8-9-23(21,20(31)26-16-11-13(24)10-14(25)12-16)19(30)18(22)28-27-15-4-6-17(7-5-15)29(32)33/h4-7,10-12,27H,8-9H2,1-3H3,(H,26,31)/b28-18+. The summed E-state index contributed by atoms with van der Waals surface area (Å²) in [5.74, 6) is -0.749. The molecule has 172 valence electrons. The van der Waals surface area contributed by atoms with Gasteiger partial charge in [0.25, 0.3) is 5.69 Å². The Hall–Kier alpha value is -2.97. The number of fused-ring (bicyclic) bond motifs is 2. The molecule has 2 aliphatic carbocycles. The molecule has 2 atom stereocenters. The van der Waals surface area contributed by atoms with Gasteiger partial charge in [-0.25, -0.2) is 0 Å². The maximum Gasteiger partial charge on any atom is 0.269 e. The van der Waals surface area contributed by atoms with Gasteiger partial charge in [0.05, 0.1) is 10.6 Å². The fourth-order valence-corrected chi connectivity index (χ4v) is 5.64. The van der Waals surface area contributed by atoms with Crippen LogP contribution in [0.25, 0.3) is 0 Å². The van der Waals surface area contributed by atoms with E-state index in [2.05, 4.69) is 15.8 Å². The van der Waals surface area contributed by atoms with Gasteiger partial charge in [-0.3, -0.25) is 25.1 Å². The van der Waals surface area contributed by atoms with Crippen LogP contribution in [0.2, 0.25) is 10.0 Å². The lowest BCUT2D eigenvalue weighted by Crippen LogP contribution is -2.47. The summed E-state index contributed by atoms with van der Waals surface area (Å²) in [6, 6.07) is 10.4. The minimum absolute atomic E-state index is 0.0472. The highest BCUT2D eigenvalue weighted by atomic mass is 35.5. The van der Waals surface area contributed by atoms with Crippen LogP contribution in [0.5, 0.6) is 0 Å². The van der Waals surface area contributed by atoms with E-state index >= 15 is 0 Å². The topological polar surface area (TPSA) is 114 Å². The molecule has 4 rings (SSSR count). The number of Topliss-reactive ketones (excluding diaryl/α,β-unsaturated/α-hetero) is 1. The van der Waals surface area contributed by atoms with Gasteiger partial charge < -0.3 is 5.32 Å². The average molecular weight is 489 g/mol. The highest BCUT2D eigenvalue weighted by Gasteiger charge is 2.76. The molecule has 2 aliphatic rings. The number of anilines is 2. The summed E-state index contributed by atoms with van der Waals surface area (Å²) >= 11 is 12.1. The fourth-order valence-electron chi connectivity index (χ4n) is 5.11. The number of carbonyl (C=O) groups is 2.